The van der Waals surface area contributed by atoms with Crippen LogP contribution < -0.4 is 0 Å². The summed E-state index contributed by atoms with van der Waals surface area (Å²) in [6.45, 7) is 3.01. The minimum atomic E-state index is 0.881. The van der Waals surface area contributed by atoms with E-state index in [4.69, 9.17) is 0 Å². The highest BCUT2D eigenvalue weighted by atomic mass is 32.2. The van der Waals surface area contributed by atoms with Gasteiger partial charge in [-0.1, -0.05) is 23.9 Å². The van der Waals surface area contributed by atoms with E-state index in [1.165, 1.54) is 4.88 Å². The highest BCUT2D eigenvalue weighted by Gasteiger charge is 2.13. The van der Waals surface area contributed by atoms with E-state index in [0.29, 0.717) is 0 Å². The molecule has 0 atom stereocenters. The molecule has 0 N–H and O–H groups in total. The smallest absolute Gasteiger partial charge is 0.191 e. The molecule has 0 spiro atoms. The second-order valence-electron chi connectivity index (χ2n) is 4.45. The van der Waals surface area contributed by atoms with Gasteiger partial charge in [0, 0.05) is 24.2 Å². The number of pyridine rings is 1. The maximum absolute atomic E-state index is 4.34. The van der Waals surface area contributed by atoms with E-state index in [9.17, 15) is 0 Å². The Hall–Kier alpha value is -1.66. The molecule has 0 aromatic carbocycles. The molecular formula is C15H16N4S2. The average molecular weight is 316 g/mol. The fraction of sp³-hybridized carbons (Fsp3) is 0.267. The molecule has 0 aliphatic carbocycles. The summed E-state index contributed by atoms with van der Waals surface area (Å²) in [5.41, 5.74) is 1.12. The highest BCUT2D eigenvalue weighted by molar-refractivity contribution is 7.99. The van der Waals surface area contributed by atoms with E-state index in [-0.39, 0.29) is 0 Å². The van der Waals surface area contributed by atoms with Gasteiger partial charge >= 0.3 is 0 Å². The van der Waals surface area contributed by atoms with Crippen molar-refractivity contribution in [2.45, 2.75) is 25.0 Å². The molecular weight excluding hydrogens is 300 g/mol. The summed E-state index contributed by atoms with van der Waals surface area (Å²) in [5.74, 6) is 1.92. The van der Waals surface area contributed by atoms with Crippen LogP contribution >= 0.6 is 23.1 Å². The Morgan fingerprint density at radius 2 is 2.14 bits per heavy atom. The molecule has 6 heteroatoms. The van der Waals surface area contributed by atoms with Gasteiger partial charge in [0.25, 0.3) is 0 Å². The second kappa shape index (κ2) is 6.87. The van der Waals surface area contributed by atoms with Crippen LogP contribution in [0.15, 0.2) is 47.1 Å². The lowest BCUT2D eigenvalue weighted by Gasteiger charge is -2.05. The molecule has 3 heterocycles. The Morgan fingerprint density at radius 1 is 1.19 bits per heavy atom. The molecule has 3 aromatic heterocycles. The number of nitrogens with zero attached hydrogens (tertiary/aromatic N) is 4. The summed E-state index contributed by atoms with van der Waals surface area (Å²) in [4.78, 5) is 5.51. The average Bonchev–Trinajstić information content (AvgIpc) is 3.17. The van der Waals surface area contributed by atoms with E-state index < -0.39 is 0 Å². The monoisotopic (exact) mass is 316 g/mol. The van der Waals surface area contributed by atoms with Crippen LogP contribution in [0.4, 0.5) is 0 Å². The molecule has 0 radical (unpaired) electrons. The summed E-state index contributed by atoms with van der Waals surface area (Å²) in [6, 6.07) is 10.2. The van der Waals surface area contributed by atoms with Gasteiger partial charge in [0.2, 0.25) is 0 Å². The normalized spacial score (nSPS) is 10.9. The molecule has 3 aromatic rings. The summed E-state index contributed by atoms with van der Waals surface area (Å²) in [7, 11) is 0. The molecule has 4 nitrogen and oxygen atoms in total. The lowest BCUT2D eigenvalue weighted by molar-refractivity contribution is 0.688. The van der Waals surface area contributed by atoms with Crippen LogP contribution in [0.2, 0.25) is 0 Å². The van der Waals surface area contributed by atoms with Gasteiger partial charge in [-0.3, -0.25) is 4.98 Å². The molecule has 0 fully saturated rings. The third-order valence-corrected chi connectivity index (χ3v) is 4.92. The first-order valence-corrected chi connectivity index (χ1v) is 8.75. The number of aromatic nitrogens is 4. The van der Waals surface area contributed by atoms with Crippen LogP contribution in [0, 0.1) is 0 Å². The number of thiophene rings is 1. The largest absolute Gasteiger partial charge is 0.302 e. The fourth-order valence-electron chi connectivity index (χ4n) is 2.06. The van der Waals surface area contributed by atoms with E-state index >= 15 is 0 Å². The summed E-state index contributed by atoms with van der Waals surface area (Å²) in [5, 5.41) is 11.7. The molecule has 0 aliphatic heterocycles. The standard InChI is InChI=1S/C15H16N4S2/c1-2-19-14(13-7-5-10-20-13)17-18-15(19)21-11-8-12-6-3-4-9-16-12/h3-7,9-10H,2,8,11H2,1H3. The Labute approximate surface area is 132 Å². The number of thioether (sulfide) groups is 1. The Balaban J connectivity index is 1.69. The van der Waals surface area contributed by atoms with Crippen LogP contribution in [0.1, 0.15) is 12.6 Å². The first kappa shape index (κ1) is 14.3. The third-order valence-electron chi connectivity index (χ3n) is 3.09. The zero-order valence-electron chi connectivity index (χ0n) is 11.8. The van der Waals surface area contributed by atoms with E-state index in [1.807, 2.05) is 24.4 Å². The lowest BCUT2D eigenvalue weighted by Crippen LogP contribution is -2.00. The van der Waals surface area contributed by atoms with Crippen molar-refractivity contribution in [3.63, 3.8) is 0 Å². The molecule has 0 unspecified atom stereocenters. The lowest BCUT2D eigenvalue weighted by atomic mass is 10.3. The molecule has 108 valence electrons. The van der Waals surface area contributed by atoms with Crippen molar-refractivity contribution in [2.24, 2.45) is 0 Å². The molecule has 0 saturated carbocycles. The van der Waals surface area contributed by atoms with Gasteiger partial charge in [-0.05, 0) is 36.9 Å². The predicted octanol–water partition coefficient (Wildman–Crippen LogP) is 3.76. The van der Waals surface area contributed by atoms with E-state index in [0.717, 1.165) is 35.4 Å². The van der Waals surface area contributed by atoms with Crippen LogP contribution in [0.5, 0.6) is 0 Å². The summed E-state index contributed by atoms with van der Waals surface area (Å²) in [6.07, 6.45) is 2.78. The SMILES string of the molecule is CCn1c(SCCc2ccccn2)nnc1-c1cccs1. The maximum Gasteiger partial charge on any atom is 0.191 e. The van der Waals surface area contributed by atoms with Crippen molar-refractivity contribution in [1.29, 1.82) is 0 Å². The Morgan fingerprint density at radius 3 is 2.86 bits per heavy atom. The minimum absolute atomic E-state index is 0.881. The zero-order valence-corrected chi connectivity index (χ0v) is 13.4. The topological polar surface area (TPSA) is 43.6 Å². The van der Waals surface area contributed by atoms with Crippen molar-refractivity contribution in [3.05, 3.63) is 47.6 Å². The van der Waals surface area contributed by atoms with Crippen LogP contribution in [0.3, 0.4) is 0 Å². The van der Waals surface area contributed by atoms with Crippen molar-refractivity contribution in [1.82, 2.24) is 19.7 Å². The van der Waals surface area contributed by atoms with Gasteiger partial charge in [-0.2, -0.15) is 0 Å². The minimum Gasteiger partial charge on any atom is -0.302 e. The van der Waals surface area contributed by atoms with Gasteiger partial charge in [0.05, 0.1) is 4.88 Å². The highest BCUT2D eigenvalue weighted by Crippen LogP contribution is 2.27. The molecule has 3 rings (SSSR count). The fourth-order valence-corrected chi connectivity index (χ4v) is 3.74. The first-order valence-electron chi connectivity index (χ1n) is 6.88. The van der Waals surface area contributed by atoms with Crippen LogP contribution in [0.25, 0.3) is 10.7 Å². The van der Waals surface area contributed by atoms with Gasteiger partial charge in [-0.25, -0.2) is 0 Å². The summed E-state index contributed by atoms with van der Waals surface area (Å²) >= 11 is 3.44. The van der Waals surface area contributed by atoms with Crippen LogP contribution in [-0.2, 0) is 13.0 Å². The van der Waals surface area contributed by atoms with Crippen molar-refractivity contribution in [2.75, 3.05) is 5.75 Å². The number of aryl methyl sites for hydroxylation is 1. The number of hydrogen-bond donors (Lipinski definition) is 0. The molecule has 0 amide bonds. The van der Waals surface area contributed by atoms with E-state index in [2.05, 4.69) is 44.2 Å². The molecule has 0 bridgehead atoms. The quantitative estimate of drug-likeness (QED) is 0.650. The number of rotatable bonds is 6. The van der Waals surface area contributed by atoms with Gasteiger partial charge < -0.3 is 4.57 Å². The van der Waals surface area contributed by atoms with Gasteiger partial charge in [0.1, 0.15) is 0 Å². The second-order valence-corrected chi connectivity index (χ2v) is 6.46. The van der Waals surface area contributed by atoms with Crippen molar-refractivity contribution in [3.8, 4) is 10.7 Å². The van der Waals surface area contributed by atoms with E-state index in [1.54, 1.807) is 23.1 Å². The van der Waals surface area contributed by atoms with Crippen molar-refractivity contribution < 1.29 is 0 Å². The molecule has 21 heavy (non-hydrogen) atoms. The van der Waals surface area contributed by atoms with Gasteiger partial charge in [0.15, 0.2) is 11.0 Å². The zero-order chi connectivity index (χ0) is 14.5. The molecule has 0 aliphatic rings. The predicted molar refractivity (Wildman–Crippen MR) is 87.7 cm³/mol. The first-order chi connectivity index (χ1) is 10.4. The number of hydrogen-bond acceptors (Lipinski definition) is 5. The van der Waals surface area contributed by atoms with Gasteiger partial charge in [-0.15, -0.1) is 21.5 Å². The molecule has 0 saturated heterocycles. The Kier molecular flexibility index (Phi) is 4.67. The third kappa shape index (κ3) is 3.33. The van der Waals surface area contributed by atoms with Crippen molar-refractivity contribution >= 4 is 23.1 Å². The maximum atomic E-state index is 4.34. The Bertz CT molecular complexity index is 677. The summed E-state index contributed by atoms with van der Waals surface area (Å²) < 4.78 is 2.18. The van der Waals surface area contributed by atoms with Crippen LogP contribution in [-0.4, -0.2) is 25.5 Å².